The molecule has 30 heavy (non-hydrogen) atoms. The zero-order valence-corrected chi connectivity index (χ0v) is 18.1. The lowest BCUT2D eigenvalue weighted by Crippen LogP contribution is -2.30. The van der Waals surface area contributed by atoms with Crippen molar-refractivity contribution in [1.29, 1.82) is 0 Å². The minimum atomic E-state index is -0.187. The van der Waals surface area contributed by atoms with Crippen LogP contribution in [-0.4, -0.2) is 19.0 Å². The number of hydrogen-bond acceptors (Lipinski definition) is 4. The second-order valence-corrected chi connectivity index (χ2v) is 7.94. The molecular weight excluding hydrogens is 416 g/mol. The highest BCUT2D eigenvalue weighted by Crippen LogP contribution is 2.16. The van der Waals surface area contributed by atoms with E-state index in [0.29, 0.717) is 10.5 Å². The lowest BCUT2D eigenvalue weighted by molar-refractivity contribution is 0.630. The molecule has 9 heteroatoms. The Morgan fingerprint density at radius 3 is 2.60 bits per heavy atom. The van der Waals surface area contributed by atoms with Crippen LogP contribution in [-0.2, 0) is 7.05 Å². The molecule has 152 valence electrons. The first-order valence-corrected chi connectivity index (χ1v) is 10.4. The van der Waals surface area contributed by atoms with Gasteiger partial charge >= 0.3 is 0 Å². The molecule has 0 amide bonds. The molecule has 0 spiro atoms. The van der Waals surface area contributed by atoms with Gasteiger partial charge in [0.15, 0.2) is 5.11 Å². The molecule has 4 aromatic rings. The molecule has 0 radical (unpaired) electrons. The Kier molecular flexibility index (Phi) is 5.39. The molecule has 0 fully saturated rings. The van der Waals surface area contributed by atoms with Crippen molar-refractivity contribution >= 4 is 50.8 Å². The van der Waals surface area contributed by atoms with Gasteiger partial charge in [0.05, 0.1) is 21.6 Å². The van der Waals surface area contributed by atoms with Gasteiger partial charge in [0, 0.05) is 13.2 Å². The van der Waals surface area contributed by atoms with Gasteiger partial charge in [0.25, 0.3) is 5.56 Å². The first kappa shape index (κ1) is 19.9. The van der Waals surface area contributed by atoms with Crippen LogP contribution in [0.5, 0.6) is 0 Å². The number of fused-ring (bicyclic) bond motifs is 1. The number of anilines is 1. The molecule has 0 aliphatic heterocycles. The van der Waals surface area contributed by atoms with Crippen LogP contribution in [0.25, 0.3) is 22.1 Å². The highest BCUT2D eigenvalue weighted by Gasteiger charge is 2.16. The quantitative estimate of drug-likeness (QED) is 0.380. The summed E-state index contributed by atoms with van der Waals surface area (Å²) in [6.45, 7) is 5.72. The van der Waals surface area contributed by atoms with E-state index in [0.717, 1.165) is 21.6 Å². The van der Waals surface area contributed by atoms with Crippen LogP contribution >= 0.6 is 23.6 Å². The molecule has 0 saturated carbocycles. The Bertz CT molecular complexity index is 1370. The summed E-state index contributed by atoms with van der Waals surface area (Å²) in [7, 11) is 1.83. The Morgan fingerprint density at radius 2 is 1.87 bits per heavy atom. The van der Waals surface area contributed by atoms with E-state index in [-0.39, 0.29) is 10.7 Å². The molecule has 2 heterocycles. The summed E-state index contributed by atoms with van der Waals surface area (Å²) >= 11 is 6.89. The van der Waals surface area contributed by atoms with Crippen LogP contribution in [0.2, 0.25) is 0 Å². The zero-order valence-electron chi connectivity index (χ0n) is 16.5. The SMILES string of the molecule is C=Cn1/c(=N\NC(=S)Nc2c(C)n(C)n(-c3ccccc3)c2=O)sc2ccccc21. The molecule has 0 atom stereocenters. The van der Waals surface area contributed by atoms with E-state index in [2.05, 4.69) is 22.4 Å². The molecule has 0 unspecified atom stereocenters. The molecule has 0 saturated heterocycles. The number of nitrogens with zero attached hydrogens (tertiary/aromatic N) is 4. The molecule has 0 aliphatic rings. The lowest BCUT2D eigenvalue weighted by atomic mass is 10.3. The first-order valence-electron chi connectivity index (χ1n) is 9.18. The second kappa shape index (κ2) is 8.13. The third kappa shape index (κ3) is 3.49. The third-order valence-electron chi connectivity index (χ3n) is 4.76. The molecule has 2 N–H and O–H groups in total. The van der Waals surface area contributed by atoms with Gasteiger partial charge in [-0.15, -0.1) is 5.10 Å². The molecule has 2 aromatic carbocycles. The van der Waals surface area contributed by atoms with Crippen molar-refractivity contribution in [3.05, 3.63) is 82.0 Å². The maximum Gasteiger partial charge on any atom is 0.295 e. The molecular formula is C21H20N6OS2. The maximum absolute atomic E-state index is 13.0. The van der Waals surface area contributed by atoms with Gasteiger partial charge < -0.3 is 5.32 Å². The molecule has 0 aliphatic carbocycles. The van der Waals surface area contributed by atoms with Crippen molar-refractivity contribution in [2.24, 2.45) is 12.1 Å². The van der Waals surface area contributed by atoms with Crippen molar-refractivity contribution in [3.63, 3.8) is 0 Å². The minimum absolute atomic E-state index is 0.187. The fourth-order valence-electron chi connectivity index (χ4n) is 3.20. The zero-order chi connectivity index (χ0) is 21.3. The summed E-state index contributed by atoms with van der Waals surface area (Å²) in [4.78, 5) is 13.7. The Balaban J connectivity index is 1.62. The number of para-hydroxylation sites is 2. The Morgan fingerprint density at radius 1 is 1.17 bits per heavy atom. The summed E-state index contributed by atoms with van der Waals surface area (Å²) in [5, 5.41) is 7.62. The number of rotatable bonds is 4. The van der Waals surface area contributed by atoms with E-state index in [4.69, 9.17) is 12.2 Å². The number of nitrogens with one attached hydrogen (secondary N) is 2. The summed E-state index contributed by atoms with van der Waals surface area (Å²) in [5.74, 6) is 0. The van der Waals surface area contributed by atoms with Crippen LogP contribution in [0, 0.1) is 6.92 Å². The predicted molar refractivity (Wildman–Crippen MR) is 127 cm³/mol. The van der Waals surface area contributed by atoms with Crippen LogP contribution in [0.1, 0.15) is 5.69 Å². The van der Waals surface area contributed by atoms with E-state index in [9.17, 15) is 4.79 Å². The second-order valence-electron chi connectivity index (χ2n) is 6.52. The van der Waals surface area contributed by atoms with Crippen LogP contribution < -0.4 is 21.1 Å². The maximum atomic E-state index is 13.0. The monoisotopic (exact) mass is 436 g/mol. The fourth-order valence-corrected chi connectivity index (χ4v) is 4.32. The number of hydrogen-bond donors (Lipinski definition) is 2. The van der Waals surface area contributed by atoms with Gasteiger partial charge in [0.2, 0.25) is 4.80 Å². The van der Waals surface area contributed by atoms with E-state index in [1.54, 1.807) is 15.6 Å². The lowest BCUT2D eigenvalue weighted by Gasteiger charge is -2.07. The number of benzene rings is 2. The van der Waals surface area contributed by atoms with Gasteiger partial charge in [0.1, 0.15) is 5.69 Å². The standard InChI is InChI=1S/C21H20N6OS2/c1-4-26-16-12-8-9-13-17(16)30-21(26)24-23-20(29)22-18-14(2)25(3)27(19(18)28)15-10-6-5-7-11-15/h4-13H,1H2,2-3H3,(H2,22,23,29)/b24-21+. The van der Waals surface area contributed by atoms with E-state index in [1.165, 1.54) is 11.3 Å². The topological polar surface area (TPSA) is 68.3 Å². The van der Waals surface area contributed by atoms with Crippen molar-refractivity contribution in [3.8, 4) is 5.69 Å². The van der Waals surface area contributed by atoms with Crippen LogP contribution in [0.15, 0.2) is 71.1 Å². The summed E-state index contributed by atoms with van der Waals surface area (Å²) < 4.78 is 6.35. The Hall–Kier alpha value is -3.43. The van der Waals surface area contributed by atoms with Crippen molar-refractivity contribution in [1.82, 2.24) is 19.4 Å². The largest absolute Gasteiger partial charge is 0.325 e. The van der Waals surface area contributed by atoms with E-state index < -0.39 is 0 Å². The van der Waals surface area contributed by atoms with Crippen molar-refractivity contribution in [2.45, 2.75) is 6.92 Å². The van der Waals surface area contributed by atoms with E-state index in [1.807, 2.05) is 73.1 Å². The van der Waals surface area contributed by atoms with Crippen molar-refractivity contribution < 1.29 is 0 Å². The van der Waals surface area contributed by atoms with Gasteiger partial charge in [-0.2, -0.15) is 0 Å². The number of thiocarbonyl (C=S) groups is 1. The predicted octanol–water partition coefficient (Wildman–Crippen LogP) is 3.40. The van der Waals surface area contributed by atoms with Gasteiger partial charge in [-0.1, -0.05) is 48.2 Å². The average Bonchev–Trinajstić information content (AvgIpc) is 3.22. The van der Waals surface area contributed by atoms with Crippen molar-refractivity contribution in [2.75, 3.05) is 5.32 Å². The highest BCUT2D eigenvalue weighted by atomic mass is 32.1. The number of aromatic nitrogens is 3. The van der Waals surface area contributed by atoms with Gasteiger partial charge in [-0.05, 0) is 43.4 Å². The fraction of sp³-hybridized carbons (Fsp3) is 0.0952. The molecule has 2 aromatic heterocycles. The molecule has 0 bridgehead atoms. The highest BCUT2D eigenvalue weighted by molar-refractivity contribution is 7.80. The smallest absolute Gasteiger partial charge is 0.295 e. The third-order valence-corrected chi connectivity index (χ3v) is 5.99. The van der Waals surface area contributed by atoms with Gasteiger partial charge in [-0.25, -0.2) is 4.68 Å². The van der Waals surface area contributed by atoms with Crippen LogP contribution in [0.4, 0.5) is 5.69 Å². The average molecular weight is 437 g/mol. The Labute approximate surface area is 182 Å². The summed E-state index contributed by atoms with van der Waals surface area (Å²) in [6, 6.07) is 17.4. The first-order chi connectivity index (χ1) is 14.5. The van der Waals surface area contributed by atoms with E-state index >= 15 is 0 Å². The number of thiazole rings is 1. The molecule has 7 nitrogen and oxygen atoms in total. The normalized spacial score (nSPS) is 11.6. The minimum Gasteiger partial charge on any atom is -0.325 e. The van der Waals surface area contributed by atoms with Crippen LogP contribution in [0.3, 0.4) is 0 Å². The van der Waals surface area contributed by atoms with Gasteiger partial charge in [-0.3, -0.25) is 19.5 Å². The molecule has 4 rings (SSSR count). The summed E-state index contributed by atoms with van der Waals surface area (Å²) in [6.07, 6.45) is 1.70. The summed E-state index contributed by atoms with van der Waals surface area (Å²) in [5.41, 5.74) is 5.61.